The minimum atomic E-state index is -1.06. The summed E-state index contributed by atoms with van der Waals surface area (Å²) in [5.74, 6) is -3.32. The van der Waals surface area contributed by atoms with E-state index in [4.69, 9.17) is 0 Å². The van der Waals surface area contributed by atoms with Crippen LogP contribution in [0.3, 0.4) is 0 Å². The maximum Gasteiger partial charge on any atom is 0.246 e. The first kappa shape index (κ1) is 41.0. The number of hydrogen-bond acceptors (Lipinski definition) is 6. The van der Waals surface area contributed by atoms with Crippen molar-refractivity contribution in [2.45, 2.75) is 123 Å². The number of benzene rings is 2. The highest BCUT2D eigenvalue weighted by Gasteiger charge is 2.41. The molecule has 12 nitrogen and oxygen atoms in total. The Labute approximate surface area is 314 Å². The SMILES string of the molecule is CC[C@H](C)[C@@H]1NC(=O)[C@H](CC(C)C)NC(=O)[C@H](Cc2ccccc2)NC(=O)[C@@H]2CCCN2C(=O)[C@H](Cc2ccccc2)NC(=O)[C@H](CC(C)C)NC1=O. The van der Waals surface area contributed by atoms with Crippen molar-refractivity contribution in [3.8, 4) is 0 Å². The van der Waals surface area contributed by atoms with Gasteiger partial charge in [0.2, 0.25) is 35.4 Å². The molecule has 2 saturated heterocycles. The zero-order valence-electron chi connectivity index (χ0n) is 32.0. The molecule has 6 amide bonds. The molecule has 0 spiro atoms. The summed E-state index contributed by atoms with van der Waals surface area (Å²) in [4.78, 5) is 86.3. The average Bonchev–Trinajstić information content (AvgIpc) is 3.62. The van der Waals surface area contributed by atoms with Crippen LogP contribution in [-0.4, -0.2) is 83.1 Å². The quantitative estimate of drug-likeness (QED) is 0.252. The van der Waals surface area contributed by atoms with Crippen molar-refractivity contribution in [3.05, 3.63) is 71.8 Å². The van der Waals surface area contributed by atoms with E-state index < -0.39 is 71.7 Å². The van der Waals surface area contributed by atoms with Gasteiger partial charge in [0, 0.05) is 19.4 Å². The molecule has 0 unspecified atom stereocenters. The minimum absolute atomic E-state index is 0.00274. The maximum atomic E-state index is 14.4. The smallest absolute Gasteiger partial charge is 0.246 e. The van der Waals surface area contributed by atoms with Crippen LogP contribution in [0.2, 0.25) is 0 Å². The first-order valence-electron chi connectivity index (χ1n) is 19.2. The average molecular weight is 731 g/mol. The van der Waals surface area contributed by atoms with Gasteiger partial charge < -0.3 is 31.5 Å². The second-order valence-corrected chi connectivity index (χ2v) is 15.4. The molecule has 0 radical (unpaired) electrons. The highest BCUT2D eigenvalue weighted by Crippen LogP contribution is 2.21. The summed E-state index contributed by atoms with van der Waals surface area (Å²) in [6, 6.07) is 12.6. The van der Waals surface area contributed by atoms with Gasteiger partial charge in [-0.3, -0.25) is 28.8 Å². The van der Waals surface area contributed by atoms with Crippen LogP contribution in [0.1, 0.15) is 84.8 Å². The van der Waals surface area contributed by atoms with Gasteiger partial charge in [-0.2, -0.15) is 0 Å². The van der Waals surface area contributed by atoms with E-state index in [-0.39, 0.29) is 43.4 Å². The summed E-state index contributed by atoms with van der Waals surface area (Å²) in [7, 11) is 0. The molecule has 12 heteroatoms. The molecule has 7 atom stereocenters. The Bertz CT molecular complexity index is 1570. The predicted molar refractivity (Wildman–Crippen MR) is 203 cm³/mol. The van der Waals surface area contributed by atoms with E-state index in [9.17, 15) is 28.8 Å². The topological polar surface area (TPSA) is 166 Å². The molecule has 288 valence electrons. The zero-order valence-corrected chi connectivity index (χ0v) is 32.0. The van der Waals surface area contributed by atoms with Gasteiger partial charge in [0.25, 0.3) is 0 Å². The molecule has 0 aliphatic carbocycles. The lowest BCUT2D eigenvalue weighted by Gasteiger charge is -2.33. The van der Waals surface area contributed by atoms with E-state index >= 15 is 0 Å². The highest BCUT2D eigenvalue weighted by molar-refractivity contribution is 5.98. The van der Waals surface area contributed by atoms with Crippen molar-refractivity contribution in [1.82, 2.24) is 31.5 Å². The Hall–Kier alpha value is -4.74. The molecular weight excluding hydrogens is 672 g/mol. The Morgan fingerprint density at radius 3 is 1.57 bits per heavy atom. The van der Waals surface area contributed by atoms with Crippen molar-refractivity contribution in [1.29, 1.82) is 0 Å². The van der Waals surface area contributed by atoms with Crippen LogP contribution in [-0.2, 0) is 41.6 Å². The molecule has 5 N–H and O–H groups in total. The maximum absolute atomic E-state index is 14.4. The number of carbonyl (C=O) groups excluding carboxylic acids is 6. The van der Waals surface area contributed by atoms with Crippen LogP contribution in [0.15, 0.2) is 60.7 Å². The fraction of sp³-hybridized carbons (Fsp3) is 0.561. The van der Waals surface area contributed by atoms with Crippen molar-refractivity contribution in [2.24, 2.45) is 17.8 Å². The summed E-state index contributed by atoms with van der Waals surface area (Å²) in [5.41, 5.74) is 1.61. The first-order valence-corrected chi connectivity index (χ1v) is 19.2. The number of amides is 6. The molecule has 2 fully saturated rings. The van der Waals surface area contributed by atoms with Gasteiger partial charge in [0.05, 0.1) is 0 Å². The van der Waals surface area contributed by atoms with Gasteiger partial charge in [0.15, 0.2) is 0 Å². The summed E-state index contributed by atoms with van der Waals surface area (Å²) >= 11 is 0. The third-order valence-corrected chi connectivity index (χ3v) is 10.1. The second kappa shape index (κ2) is 19.4. The fourth-order valence-corrected chi connectivity index (χ4v) is 7.05. The van der Waals surface area contributed by atoms with Gasteiger partial charge >= 0.3 is 0 Å². The number of carbonyl (C=O) groups is 6. The molecule has 2 aromatic rings. The van der Waals surface area contributed by atoms with Gasteiger partial charge in [-0.15, -0.1) is 0 Å². The van der Waals surface area contributed by atoms with E-state index in [2.05, 4.69) is 26.6 Å². The first-order chi connectivity index (χ1) is 25.3. The Balaban J connectivity index is 1.79. The fourth-order valence-electron chi connectivity index (χ4n) is 7.05. The standard InChI is InChI=1S/C41H58N6O6/c1-7-27(6)35-40(52)44-30(21-25(2)3)36(48)45-33(24-29-17-12-9-13-18-29)41(53)47-20-14-19-34(47)39(51)43-32(23-28-15-10-8-11-16-28)37(49)42-31(22-26(4)5)38(50)46-35/h8-13,15-18,25-27,30-35H,7,14,19-24H2,1-6H3,(H,42,49)(H,43,51)(H,44,52)(H,45,48)(H,46,50)/t27-,30-,31-,32-,33-,34-,35-/m0/s1. The molecule has 2 aliphatic rings. The van der Waals surface area contributed by atoms with Gasteiger partial charge in [-0.05, 0) is 54.6 Å². The molecule has 0 saturated carbocycles. The van der Waals surface area contributed by atoms with E-state index in [1.165, 1.54) is 4.90 Å². The zero-order chi connectivity index (χ0) is 38.7. The molecule has 0 bridgehead atoms. The Morgan fingerprint density at radius 1 is 0.585 bits per heavy atom. The number of fused-ring (bicyclic) bond motifs is 1. The van der Waals surface area contributed by atoms with Crippen LogP contribution in [0.25, 0.3) is 0 Å². The highest BCUT2D eigenvalue weighted by atomic mass is 16.2. The molecule has 2 heterocycles. The molecular formula is C41H58N6O6. The van der Waals surface area contributed by atoms with E-state index in [0.29, 0.717) is 25.8 Å². The molecule has 53 heavy (non-hydrogen) atoms. The van der Waals surface area contributed by atoms with Crippen molar-refractivity contribution in [2.75, 3.05) is 6.54 Å². The van der Waals surface area contributed by atoms with Gasteiger partial charge in [-0.25, -0.2) is 0 Å². The predicted octanol–water partition coefficient (Wildman–Crippen LogP) is 3.04. The van der Waals surface area contributed by atoms with Gasteiger partial charge in [-0.1, -0.05) is 109 Å². The van der Waals surface area contributed by atoms with E-state index in [1.807, 2.05) is 102 Å². The number of nitrogens with one attached hydrogen (secondary N) is 5. The second-order valence-electron chi connectivity index (χ2n) is 15.4. The summed E-state index contributed by atoms with van der Waals surface area (Å²) < 4.78 is 0. The summed E-state index contributed by atoms with van der Waals surface area (Å²) in [6.07, 6.45) is 2.38. The number of nitrogens with zero attached hydrogens (tertiary/aromatic N) is 1. The van der Waals surface area contributed by atoms with Crippen LogP contribution in [0.4, 0.5) is 0 Å². The largest absolute Gasteiger partial charge is 0.343 e. The molecule has 4 rings (SSSR count). The monoisotopic (exact) mass is 730 g/mol. The number of rotatable bonds is 10. The summed E-state index contributed by atoms with van der Waals surface area (Å²) in [6.45, 7) is 11.8. The molecule has 2 aliphatic heterocycles. The number of hydrogen-bond donors (Lipinski definition) is 5. The lowest BCUT2D eigenvalue weighted by molar-refractivity contribution is -0.143. The lowest BCUT2D eigenvalue weighted by atomic mass is 9.95. The van der Waals surface area contributed by atoms with E-state index in [0.717, 1.165) is 11.1 Å². The third-order valence-electron chi connectivity index (χ3n) is 10.1. The van der Waals surface area contributed by atoms with Crippen molar-refractivity contribution < 1.29 is 28.8 Å². The molecule has 0 aromatic heterocycles. The van der Waals surface area contributed by atoms with Crippen LogP contribution in [0.5, 0.6) is 0 Å². The van der Waals surface area contributed by atoms with Crippen LogP contribution in [0, 0.1) is 17.8 Å². The van der Waals surface area contributed by atoms with Gasteiger partial charge in [0.1, 0.15) is 36.3 Å². The Kier molecular flexibility index (Phi) is 15.0. The molecule has 2 aromatic carbocycles. The van der Waals surface area contributed by atoms with Crippen LogP contribution >= 0.6 is 0 Å². The Morgan fingerprint density at radius 2 is 1.04 bits per heavy atom. The minimum Gasteiger partial charge on any atom is -0.343 e. The third kappa shape index (κ3) is 11.6. The normalized spacial score (nSPS) is 25.8. The van der Waals surface area contributed by atoms with Crippen LogP contribution < -0.4 is 26.6 Å². The van der Waals surface area contributed by atoms with Crippen molar-refractivity contribution >= 4 is 35.4 Å². The lowest BCUT2D eigenvalue weighted by Crippen LogP contribution is -2.62. The van der Waals surface area contributed by atoms with Crippen molar-refractivity contribution in [3.63, 3.8) is 0 Å². The van der Waals surface area contributed by atoms with E-state index in [1.54, 1.807) is 0 Å². The summed E-state index contributed by atoms with van der Waals surface area (Å²) in [5, 5.41) is 14.5.